The third-order valence-electron chi connectivity index (χ3n) is 5.30. The number of Topliss-reactive ketones (excluding diaryl/α,β-unsaturated/α-hetero) is 1. The summed E-state index contributed by atoms with van der Waals surface area (Å²) < 4.78 is 16.9. The first-order valence-corrected chi connectivity index (χ1v) is 9.43. The van der Waals surface area contributed by atoms with Crippen LogP contribution in [0.15, 0.2) is 16.6 Å². The summed E-state index contributed by atoms with van der Waals surface area (Å²) in [7, 11) is 3.14. The number of hydrogen-bond donors (Lipinski definition) is 0. The van der Waals surface area contributed by atoms with E-state index in [0.717, 1.165) is 29.3 Å². The number of carbonyl (C=O) groups excluding carboxylic acids is 2. The zero-order chi connectivity index (χ0) is 18.0. The number of halogens is 1. The molecule has 0 saturated heterocycles. The average molecular weight is 411 g/mol. The molecule has 0 N–H and O–H groups in total. The average Bonchev–Trinajstić information content (AvgIpc) is 2.59. The molecular formula is C19H23BrO5. The number of methoxy groups -OCH3 is 2. The molecule has 3 atom stereocenters. The molecule has 0 aliphatic heterocycles. The van der Waals surface area contributed by atoms with Crippen LogP contribution in [0.3, 0.4) is 0 Å². The number of rotatable bonds is 5. The van der Waals surface area contributed by atoms with Crippen LogP contribution in [-0.2, 0) is 20.9 Å². The van der Waals surface area contributed by atoms with Crippen molar-refractivity contribution in [2.75, 3.05) is 14.2 Å². The Labute approximate surface area is 156 Å². The Morgan fingerprint density at radius 3 is 2.32 bits per heavy atom. The summed E-state index contributed by atoms with van der Waals surface area (Å²) in [4.78, 5) is 24.6. The molecular weight excluding hydrogens is 388 g/mol. The van der Waals surface area contributed by atoms with Crippen LogP contribution in [0.5, 0.6) is 11.5 Å². The van der Waals surface area contributed by atoms with Crippen LogP contribution in [0.2, 0.25) is 0 Å². The third kappa shape index (κ3) is 3.84. The Bertz CT molecular complexity index is 656. The van der Waals surface area contributed by atoms with Crippen LogP contribution < -0.4 is 9.47 Å². The number of hydrogen-bond acceptors (Lipinski definition) is 5. The van der Waals surface area contributed by atoms with E-state index in [-0.39, 0.29) is 30.3 Å². The topological polar surface area (TPSA) is 61.8 Å². The quantitative estimate of drug-likeness (QED) is 0.688. The second-order valence-electron chi connectivity index (χ2n) is 6.80. The van der Waals surface area contributed by atoms with Crippen molar-refractivity contribution in [3.05, 3.63) is 22.2 Å². The standard InChI is InChI=1S/C19H23BrO5/c1-23-16-8-14(15(20)9-17(16)24-2)10-25-19(22)13-6-11-4-3-5-12(7-13)18(11)21/h8-9,11-13H,3-7,10H2,1-2H3/t11-,12+,13?. The predicted molar refractivity (Wildman–Crippen MR) is 95.6 cm³/mol. The highest BCUT2D eigenvalue weighted by Gasteiger charge is 2.41. The fourth-order valence-electron chi connectivity index (χ4n) is 3.95. The smallest absolute Gasteiger partial charge is 0.309 e. The van der Waals surface area contributed by atoms with Crippen molar-refractivity contribution in [2.45, 2.75) is 38.7 Å². The van der Waals surface area contributed by atoms with Crippen LogP contribution in [0.25, 0.3) is 0 Å². The van der Waals surface area contributed by atoms with E-state index in [4.69, 9.17) is 14.2 Å². The highest BCUT2D eigenvalue weighted by atomic mass is 79.9. The van der Waals surface area contributed by atoms with Gasteiger partial charge in [0.05, 0.1) is 20.1 Å². The van der Waals surface area contributed by atoms with Gasteiger partial charge >= 0.3 is 5.97 Å². The maximum absolute atomic E-state index is 12.5. The molecule has 0 heterocycles. The van der Waals surface area contributed by atoms with Crippen LogP contribution >= 0.6 is 15.9 Å². The van der Waals surface area contributed by atoms with Crippen molar-refractivity contribution in [2.24, 2.45) is 17.8 Å². The molecule has 2 aliphatic rings. The van der Waals surface area contributed by atoms with Crippen LogP contribution in [-0.4, -0.2) is 26.0 Å². The van der Waals surface area contributed by atoms with Gasteiger partial charge in [0.15, 0.2) is 11.5 Å². The summed E-state index contributed by atoms with van der Waals surface area (Å²) in [5.41, 5.74) is 0.818. The first-order valence-electron chi connectivity index (χ1n) is 8.64. The maximum Gasteiger partial charge on any atom is 0.309 e. The lowest BCUT2D eigenvalue weighted by molar-refractivity contribution is -0.154. The zero-order valence-corrected chi connectivity index (χ0v) is 16.1. The van der Waals surface area contributed by atoms with E-state index < -0.39 is 0 Å². The van der Waals surface area contributed by atoms with Gasteiger partial charge < -0.3 is 14.2 Å². The number of benzene rings is 1. The highest BCUT2D eigenvalue weighted by Crippen LogP contribution is 2.40. The minimum Gasteiger partial charge on any atom is -0.493 e. The molecule has 0 spiro atoms. The van der Waals surface area contributed by atoms with Gasteiger partial charge in [-0.25, -0.2) is 0 Å². The molecule has 3 rings (SSSR count). The van der Waals surface area contributed by atoms with E-state index in [1.165, 1.54) is 0 Å². The Morgan fingerprint density at radius 2 is 1.72 bits per heavy atom. The molecule has 1 aromatic rings. The van der Waals surface area contributed by atoms with Gasteiger partial charge in [0.25, 0.3) is 0 Å². The lowest BCUT2D eigenvalue weighted by atomic mass is 9.67. The molecule has 25 heavy (non-hydrogen) atoms. The first-order chi connectivity index (χ1) is 12.0. The molecule has 1 aromatic carbocycles. The number of ether oxygens (including phenoxy) is 3. The van der Waals surface area contributed by atoms with Gasteiger partial charge in [0.1, 0.15) is 12.4 Å². The second-order valence-corrected chi connectivity index (χ2v) is 7.66. The maximum atomic E-state index is 12.5. The molecule has 2 fully saturated rings. The molecule has 2 bridgehead atoms. The molecule has 136 valence electrons. The Kier molecular flexibility index (Phi) is 5.67. The van der Waals surface area contributed by atoms with Crippen molar-refractivity contribution >= 4 is 27.7 Å². The minimum absolute atomic E-state index is 0.0536. The number of ketones is 1. The van der Waals surface area contributed by atoms with Crippen molar-refractivity contribution < 1.29 is 23.8 Å². The lowest BCUT2D eigenvalue weighted by Gasteiger charge is -2.36. The lowest BCUT2D eigenvalue weighted by Crippen LogP contribution is -2.39. The largest absolute Gasteiger partial charge is 0.493 e. The van der Waals surface area contributed by atoms with Crippen molar-refractivity contribution in [1.82, 2.24) is 0 Å². The van der Waals surface area contributed by atoms with E-state index >= 15 is 0 Å². The Balaban J connectivity index is 1.64. The van der Waals surface area contributed by atoms with Gasteiger partial charge in [-0.05, 0) is 37.8 Å². The zero-order valence-electron chi connectivity index (χ0n) is 14.5. The summed E-state index contributed by atoms with van der Waals surface area (Å²) in [6.45, 7) is 0.166. The first kappa shape index (κ1) is 18.2. The summed E-state index contributed by atoms with van der Waals surface area (Å²) in [5.74, 6) is 1.31. The van der Waals surface area contributed by atoms with Gasteiger partial charge in [0, 0.05) is 21.9 Å². The Hall–Kier alpha value is -1.56. The molecule has 0 aromatic heterocycles. The fraction of sp³-hybridized carbons (Fsp3) is 0.579. The summed E-state index contributed by atoms with van der Waals surface area (Å²) in [5, 5.41) is 0. The normalized spacial score (nSPS) is 25.4. The molecule has 1 unspecified atom stereocenters. The molecule has 2 saturated carbocycles. The predicted octanol–water partition coefficient (Wildman–Crippen LogP) is 3.90. The van der Waals surface area contributed by atoms with Crippen LogP contribution in [0.1, 0.15) is 37.7 Å². The number of fused-ring (bicyclic) bond motifs is 2. The molecule has 5 nitrogen and oxygen atoms in total. The van der Waals surface area contributed by atoms with Crippen molar-refractivity contribution in [1.29, 1.82) is 0 Å². The van der Waals surface area contributed by atoms with Crippen LogP contribution in [0.4, 0.5) is 0 Å². The van der Waals surface area contributed by atoms with E-state index in [1.807, 2.05) is 0 Å². The van der Waals surface area contributed by atoms with Gasteiger partial charge in [-0.15, -0.1) is 0 Å². The van der Waals surface area contributed by atoms with Gasteiger partial charge in [-0.3, -0.25) is 9.59 Å². The Morgan fingerprint density at radius 1 is 1.12 bits per heavy atom. The minimum atomic E-state index is -0.203. The SMILES string of the molecule is COc1cc(Br)c(COC(=O)C2C[C@H]3CCC[C@@H](C2)C3=O)cc1OC. The number of esters is 1. The van der Waals surface area contributed by atoms with E-state index in [0.29, 0.717) is 30.1 Å². The molecule has 0 amide bonds. The van der Waals surface area contributed by atoms with Crippen molar-refractivity contribution in [3.8, 4) is 11.5 Å². The van der Waals surface area contributed by atoms with Gasteiger partial charge in [-0.2, -0.15) is 0 Å². The second kappa shape index (κ2) is 7.77. The summed E-state index contributed by atoms with van der Waals surface area (Å²) in [6.07, 6.45) is 4.21. The molecule has 6 heteroatoms. The van der Waals surface area contributed by atoms with E-state index in [2.05, 4.69) is 15.9 Å². The number of carbonyl (C=O) groups is 2. The monoisotopic (exact) mass is 410 g/mol. The highest BCUT2D eigenvalue weighted by molar-refractivity contribution is 9.10. The van der Waals surface area contributed by atoms with Gasteiger partial charge in [0.2, 0.25) is 0 Å². The fourth-order valence-corrected chi connectivity index (χ4v) is 4.38. The van der Waals surface area contributed by atoms with E-state index in [9.17, 15) is 9.59 Å². The van der Waals surface area contributed by atoms with Gasteiger partial charge in [-0.1, -0.05) is 22.4 Å². The summed E-state index contributed by atoms with van der Waals surface area (Å²) in [6, 6.07) is 3.60. The van der Waals surface area contributed by atoms with Crippen LogP contribution in [0, 0.1) is 17.8 Å². The third-order valence-corrected chi connectivity index (χ3v) is 6.04. The summed E-state index contributed by atoms with van der Waals surface area (Å²) >= 11 is 3.47. The van der Waals surface area contributed by atoms with Crippen molar-refractivity contribution in [3.63, 3.8) is 0 Å². The molecule has 0 radical (unpaired) electrons. The van der Waals surface area contributed by atoms with E-state index in [1.54, 1.807) is 26.4 Å². The molecule has 2 aliphatic carbocycles.